The fraction of sp³-hybridized carbons (Fsp3) is 0.111. The van der Waals surface area contributed by atoms with Crippen LogP contribution in [0.1, 0.15) is 65.5 Å². The fourth-order valence-electron chi connectivity index (χ4n) is 8.01. The number of hydrogen-bond donors (Lipinski definition) is 5. The maximum Gasteiger partial charge on any atom is 0.335 e. The van der Waals surface area contributed by atoms with Gasteiger partial charge in [-0.25, -0.2) is 14.8 Å². The van der Waals surface area contributed by atoms with Crippen molar-refractivity contribution >= 4 is 90.1 Å². The van der Waals surface area contributed by atoms with E-state index in [-0.39, 0.29) is 11.5 Å². The van der Waals surface area contributed by atoms with E-state index in [0.29, 0.717) is 58.9 Å². The lowest BCUT2D eigenvalue weighted by atomic mass is 10.0. The minimum absolute atomic E-state index is 0.146. The lowest BCUT2D eigenvalue weighted by molar-refractivity contribution is 0.0696. The summed E-state index contributed by atoms with van der Waals surface area (Å²) in [5.41, 5.74) is 28.0. The number of nitrogens with two attached hydrogens (primary N) is 3. The van der Waals surface area contributed by atoms with E-state index in [1.165, 1.54) is 17.8 Å². The van der Waals surface area contributed by atoms with Crippen LogP contribution in [-0.2, 0) is 25.9 Å². The molecule has 15 heteroatoms. The number of pyridine rings is 6. The summed E-state index contributed by atoms with van der Waals surface area (Å²) < 4.78 is 0. The van der Waals surface area contributed by atoms with Gasteiger partial charge in [-0.15, -0.1) is 0 Å². The molecule has 0 radical (unpaired) electrons. The molecule has 0 spiro atoms. The number of carbonyl (C=O) groups excluding carboxylic acids is 1. The highest BCUT2D eigenvalue weighted by Gasteiger charge is 2.12. The molecule has 0 atom stereocenters. The molecule has 1 amide bonds. The number of carboxylic acid groups (broad SMARTS) is 1. The van der Waals surface area contributed by atoms with E-state index in [2.05, 4.69) is 42.1 Å². The first-order valence-corrected chi connectivity index (χ1v) is 22.5. The number of fused-ring (bicyclic) bond motifs is 4. The predicted octanol–water partition coefficient (Wildman–Crippen LogP) is 10.4. The van der Waals surface area contributed by atoms with Crippen molar-refractivity contribution in [3.63, 3.8) is 0 Å². The van der Waals surface area contributed by atoms with Crippen LogP contribution in [0.15, 0.2) is 146 Å². The highest BCUT2D eigenvalue weighted by molar-refractivity contribution is 6.31. The molecule has 0 aliphatic rings. The monoisotopic (exact) mass is 952 g/mol. The lowest BCUT2D eigenvalue weighted by Gasteiger charge is -2.12. The fourth-order valence-corrected chi connectivity index (χ4v) is 8.34. The Morgan fingerprint density at radius 3 is 1.55 bits per heavy atom. The Morgan fingerprint density at radius 2 is 1.03 bits per heavy atom. The Kier molecular flexibility index (Phi) is 14.6. The average Bonchev–Trinajstić information content (AvgIpc) is 3.34. The number of amides is 1. The number of hydrogen-bond acceptors (Lipinski definition) is 11. The summed E-state index contributed by atoms with van der Waals surface area (Å²) in [6.45, 7) is 5.06. The van der Waals surface area contributed by atoms with E-state index in [4.69, 9.17) is 45.5 Å². The number of nitrogen functional groups attached to an aromatic ring is 2. The van der Waals surface area contributed by atoms with Gasteiger partial charge in [0.15, 0.2) is 0 Å². The average molecular weight is 954 g/mol. The highest BCUT2D eigenvalue weighted by atomic mass is 35.5. The molecule has 8 N–H and O–H groups in total. The molecular weight excluding hydrogens is 908 g/mol. The third-order valence-corrected chi connectivity index (χ3v) is 12.1. The molecule has 13 nitrogen and oxygen atoms in total. The van der Waals surface area contributed by atoms with E-state index in [0.717, 1.165) is 76.9 Å². The summed E-state index contributed by atoms with van der Waals surface area (Å²) >= 11 is 12.0. The minimum atomic E-state index is -0.951. The molecule has 4 aromatic carbocycles. The number of benzene rings is 4. The molecule has 0 saturated heterocycles. The quantitative estimate of drug-likeness (QED) is 0.0912. The third-order valence-electron chi connectivity index (χ3n) is 11.7. The van der Waals surface area contributed by atoms with Gasteiger partial charge in [-0.1, -0.05) is 59.6 Å². The first kappa shape index (κ1) is 47.4. The van der Waals surface area contributed by atoms with Crippen LogP contribution in [0.2, 0.25) is 10.0 Å². The van der Waals surface area contributed by atoms with Gasteiger partial charge < -0.3 is 27.6 Å². The summed E-state index contributed by atoms with van der Waals surface area (Å²) in [7, 11) is 0. The highest BCUT2D eigenvalue weighted by Crippen LogP contribution is 2.27. The predicted molar refractivity (Wildman–Crippen MR) is 275 cm³/mol. The molecule has 10 aromatic rings. The van der Waals surface area contributed by atoms with Gasteiger partial charge >= 0.3 is 5.97 Å². The molecule has 0 fully saturated rings. The third kappa shape index (κ3) is 11.4. The van der Waals surface area contributed by atoms with E-state index in [1.54, 1.807) is 43.1 Å². The first-order valence-electron chi connectivity index (χ1n) is 21.8. The zero-order chi connectivity index (χ0) is 48.6. The Labute approximate surface area is 407 Å². The van der Waals surface area contributed by atoms with Gasteiger partial charge in [0, 0.05) is 102 Å². The number of halogens is 2. The van der Waals surface area contributed by atoms with Crippen LogP contribution in [0.3, 0.4) is 0 Å². The van der Waals surface area contributed by atoms with E-state index >= 15 is 0 Å². The molecule has 0 aliphatic carbocycles. The number of nitrogens with one attached hydrogen (secondary N) is 1. The summed E-state index contributed by atoms with van der Waals surface area (Å²) in [6.07, 6.45) is 11.0. The van der Waals surface area contributed by atoms with Gasteiger partial charge in [0.2, 0.25) is 0 Å². The van der Waals surface area contributed by atoms with Crippen molar-refractivity contribution in [1.29, 1.82) is 0 Å². The SMILES string of the molecule is Cc1c(CN)ccc2c(N)nccc12.Cc1c(CNC(=O)c2ccnc(Cc3ccc4ncc(Cl)cc4c3)c2)ccc2c(N)nccc12.O=C(O)c1ccnc(Cc2ccc3ncc(Cl)cc3c2)c1. The number of nitrogens with zero attached hydrogens (tertiary/aromatic N) is 6. The number of rotatable bonds is 9. The van der Waals surface area contributed by atoms with E-state index in [9.17, 15) is 9.59 Å². The second kappa shape index (κ2) is 21.2. The molecule has 0 unspecified atom stereocenters. The second-order valence-corrected chi connectivity index (χ2v) is 17.1. The van der Waals surface area contributed by atoms with Crippen molar-refractivity contribution < 1.29 is 14.7 Å². The topological polar surface area (TPSA) is 222 Å². The van der Waals surface area contributed by atoms with Crippen LogP contribution in [0.4, 0.5) is 11.6 Å². The molecule has 0 bridgehead atoms. The maximum atomic E-state index is 12.9. The first-order chi connectivity index (χ1) is 33.3. The van der Waals surface area contributed by atoms with Gasteiger partial charge in [0.1, 0.15) is 11.6 Å². The van der Waals surface area contributed by atoms with Crippen LogP contribution in [-0.4, -0.2) is 46.9 Å². The van der Waals surface area contributed by atoms with Gasteiger partial charge in [-0.05, 0) is 131 Å². The number of aromatic nitrogens is 6. The van der Waals surface area contributed by atoms with Gasteiger partial charge in [-0.2, -0.15) is 0 Å². The van der Waals surface area contributed by atoms with Gasteiger partial charge in [0.05, 0.1) is 26.6 Å². The summed E-state index contributed by atoms with van der Waals surface area (Å²) in [6, 6.07) is 34.1. The normalized spacial score (nSPS) is 10.9. The van der Waals surface area contributed by atoms with E-state index < -0.39 is 5.97 Å². The van der Waals surface area contributed by atoms with Crippen LogP contribution >= 0.6 is 23.2 Å². The maximum absolute atomic E-state index is 12.9. The number of aromatic carboxylic acids is 1. The Hall–Kier alpha value is -8.10. The van der Waals surface area contributed by atoms with Crippen molar-refractivity contribution in [3.8, 4) is 0 Å². The number of carboxylic acids is 1. The zero-order valence-electron chi connectivity index (χ0n) is 37.6. The summed E-state index contributed by atoms with van der Waals surface area (Å²) in [5.74, 6) is -0.0135. The number of aryl methyl sites for hydroxylation is 2. The molecule has 69 heavy (non-hydrogen) atoms. The van der Waals surface area contributed by atoms with Crippen LogP contribution in [0.5, 0.6) is 0 Å². The number of carbonyl (C=O) groups is 2. The molecular formula is C54H46Cl2N10O3. The standard InChI is InChI=1S/C27H22ClN5O.C16H11ClN2O2.C11H13N3/c1-16-19(3-4-24-23(16)7-9-31-26(24)29)14-33-27(34)18-6-8-30-22(13-18)11-17-2-5-25-20(10-17)12-21(28)15-32-25;17-13-7-12-5-10(1-2-15(12)19-9-13)6-14-8-11(16(20)21)3-4-18-14;1-7-8(6-12)2-3-10-9(7)4-5-14-11(10)13/h2-10,12-13,15H,11,14H2,1H3,(H2,29,31)(H,33,34);1-5,7-9H,6H2,(H,20,21);2-5H,6,12H2,1H3,(H2,13,14). The largest absolute Gasteiger partial charge is 0.478 e. The van der Waals surface area contributed by atoms with E-state index in [1.807, 2.05) is 97.9 Å². The van der Waals surface area contributed by atoms with Crippen molar-refractivity contribution in [2.75, 3.05) is 11.5 Å². The Morgan fingerprint density at radius 1 is 0.551 bits per heavy atom. The van der Waals surface area contributed by atoms with Crippen molar-refractivity contribution in [2.45, 2.75) is 39.8 Å². The molecule has 6 heterocycles. The van der Waals surface area contributed by atoms with Crippen molar-refractivity contribution in [2.24, 2.45) is 5.73 Å². The summed E-state index contributed by atoms with van der Waals surface area (Å²) in [4.78, 5) is 49.3. The zero-order valence-corrected chi connectivity index (χ0v) is 39.1. The summed E-state index contributed by atoms with van der Waals surface area (Å²) in [5, 5.41) is 19.2. The van der Waals surface area contributed by atoms with Gasteiger partial charge in [-0.3, -0.25) is 24.7 Å². The second-order valence-electron chi connectivity index (χ2n) is 16.3. The van der Waals surface area contributed by atoms with Crippen molar-refractivity contribution in [1.82, 2.24) is 35.2 Å². The van der Waals surface area contributed by atoms with Crippen LogP contribution in [0, 0.1) is 13.8 Å². The Balaban J connectivity index is 0.000000155. The molecule has 0 aliphatic heterocycles. The molecule has 6 aromatic heterocycles. The van der Waals surface area contributed by atoms with Gasteiger partial charge in [0.25, 0.3) is 5.91 Å². The minimum Gasteiger partial charge on any atom is -0.478 e. The van der Waals surface area contributed by atoms with Crippen LogP contribution in [0.25, 0.3) is 43.4 Å². The van der Waals surface area contributed by atoms with Crippen LogP contribution < -0.4 is 22.5 Å². The smallest absolute Gasteiger partial charge is 0.335 e. The Bertz CT molecular complexity index is 3550. The molecule has 0 saturated carbocycles. The molecule has 10 rings (SSSR count). The lowest BCUT2D eigenvalue weighted by Crippen LogP contribution is -2.23. The van der Waals surface area contributed by atoms with Crippen molar-refractivity contribution in [3.05, 3.63) is 212 Å². The number of anilines is 2. The molecule has 344 valence electrons.